The van der Waals surface area contributed by atoms with Gasteiger partial charge in [-0.05, 0) is 40.5 Å². The summed E-state index contributed by atoms with van der Waals surface area (Å²) in [5.74, 6) is -2.09. The van der Waals surface area contributed by atoms with Gasteiger partial charge in [-0.25, -0.2) is 4.39 Å². The van der Waals surface area contributed by atoms with Crippen LogP contribution in [0, 0.1) is 11.7 Å². The molecule has 1 amide bonds. The molecule has 96 valence electrons. The summed E-state index contributed by atoms with van der Waals surface area (Å²) in [4.78, 5) is 24.4. The van der Waals surface area contributed by atoms with Crippen LogP contribution in [0.2, 0.25) is 0 Å². The second-order valence-electron chi connectivity index (χ2n) is 4.20. The number of carbonyl (C=O) groups excluding carboxylic acids is 1. The molecule has 1 aromatic rings. The second kappa shape index (κ2) is 5.06. The van der Waals surface area contributed by atoms with Gasteiger partial charge in [-0.1, -0.05) is 0 Å². The molecule has 2 rings (SSSR count). The van der Waals surface area contributed by atoms with Crippen molar-refractivity contribution in [1.29, 1.82) is 0 Å². The van der Waals surface area contributed by atoms with Crippen LogP contribution in [-0.4, -0.2) is 35.0 Å². The highest BCUT2D eigenvalue weighted by molar-refractivity contribution is 9.10. The molecule has 0 radical (unpaired) electrons. The highest BCUT2D eigenvalue weighted by atomic mass is 79.9. The number of carboxylic acids is 1. The lowest BCUT2D eigenvalue weighted by atomic mass is 10.1. The third kappa shape index (κ3) is 2.53. The summed E-state index contributed by atoms with van der Waals surface area (Å²) in [7, 11) is 0. The van der Waals surface area contributed by atoms with E-state index in [1.54, 1.807) is 0 Å². The van der Waals surface area contributed by atoms with E-state index in [2.05, 4.69) is 15.9 Å². The highest BCUT2D eigenvalue weighted by Crippen LogP contribution is 2.23. The summed E-state index contributed by atoms with van der Waals surface area (Å²) < 4.78 is 13.3. The molecular formula is C12H11BrFNO3. The lowest BCUT2D eigenvalue weighted by molar-refractivity contribution is -0.141. The van der Waals surface area contributed by atoms with Crippen LogP contribution in [0.15, 0.2) is 22.7 Å². The van der Waals surface area contributed by atoms with E-state index in [1.807, 2.05) is 0 Å². The summed E-state index contributed by atoms with van der Waals surface area (Å²) in [6, 6.07) is 3.83. The topological polar surface area (TPSA) is 57.6 Å². The van der Waals surface area contributed by atoms with Gasteiger partial charge in [-0.3, -0.25) is 9.59 Å². The van der Waals surface area contributed by atoms with Crippen molar-refractivity contribution in [2.24, 2.45) is 5.92 Å². The van der Waals surface area contributed by atoms with Crippen molar-refractivity contribution >= 4 is 27.8 Å². The number of benzene rings is 1. The largest absolute Gasteiger partial charge is 0.481 e. The zero-order chi connectivity index (χ0) is 13.3. The predicted octanol–water partition coefficient (Wildman–Crippen LogP) is 2.13. The number of hydrogen-bond acceptors (Lipinski definition) is 2. The summed E-state index contributed by atoms with van der Waals surface area (Å²) >= 11 is 3.14. The minimum Gasteiger partial charge on any atom is -0.481 e. The second-order valence-corrected chi connectivity index (χ2v) is 5.05. The van der Waals surface area contributed by atoms with Crippen molar-refractivity contribution < 1.29 is 19.1 Å². The Hall–Kier alpha value is -1.43. The number of carboxylic acid groups (broad SMARTS) is 1. The molecule has 1 aliphatic heterocycles. The first-order valence-corrected chi connectivity index (χ1v) is 6.25. The summed E-state index contributed by atoms with van der Waals surface area (Å²) in [6.45, 7) is 0.623. The summed E-state index contributed by atoms with van der Waals surface area (Å²) in [6.07, 6.45) is 0.458. The highest BCUT2D eigenvalue weighted by Gasteiger charge is 2.31. The number of likely N-dealkylation sites (tertiary alicyclic amines) is 1. The van der Waals surface area contributed by atoms with E-state index in [9.17, 15) is 14.0 Å². The fourth-order valence-corrected chi connectivity index (χ4v) is 2.50. The molecule has 1 unspecified atom stereocenters. The molecule has 18 heavy (non-hydrogen) atoms. The first-order valence-electron chi connectivity index (χ1n) is 5.46. The van der Waals surface area contributed by atoms with Crippen LogP contribution in [0.25, 0.3) is 0 Å². The number of rotatable bonds is 2. The minimum atomic E-state index is -0.886. The smallest absolute Gasteiger partial charge is 0.308 e. The third-order valence-corrected chi connectivity index (χ3v) is 3.64. The Balaban J connectivity index is 2.15. The number of halogens is 2. The first-order chi connectivity index (χ1) is 8.49. The molecule has 1 aliphatic rings. The Bertz CT molecular complexity index is 506. The molecule has 0 aromatic heterocycles. The molecule has 0 aliphatic carbocycles. The molecule has 1 aromatic carbocycles. The van der Waals surface area contributed by atoms with E-state index in [0.29, 0.717) is 23.0 Å². The van der Waals surface area contributed by atoms with E-state index in [1.165, 1.54) is 23.1 Å². The standard InChI is InChI=1S/C12H11BrFNO3/c13-10-5-8(14)1-2-9(10)11(16)15-4-3-7(6-15)12(17)18/h1-2,5,7H,3-4,6H2,(H,17,18). The van der Waals surface area contributed by atoms with Crippen LogP contribution in [0.4, 0.5) is 4.39 Å². The average molecular weight is 316 g/mol. The van der Waals surface area contributed by atoms with Crippen LogP contribution in [0.3, 0.4) is 0 Å². The van der Waals surface area contributed by atoms with Gasteiger partial charge in [0.05, 0.1) is 11.5 Å². The van der Waals surface area contributed by atoms with Gasteiger partial charge in [0.2, 0.25) is 0 Å². The minimum absolute atomic E-state index is 0.206. The van der Waals surface area contributed by atoms with E-state index < -0.39 is 17.7 Å². The summed E-state index contributed by atoms with van der Waals surface area (Å²) in [5.41, 5.74) is 0.349. The third-order valence-electron chi connectivity index (χ3n) is 2.99. The van der Waals surface area contributed by atoms with Crippen molar-refractivity contribution in [3.63, 3.8) is 0 Å². The van der Waals surface area contributed by atoms with Crippen LogP contribution < -0.4 is 0 Å². The van der Waals surface area contributed by atoms with Crippen molar-refractivity contribution in [3.8, 4) is 0 Å². The van der Waals surface area contributed by atoms with Crippen LogP contribution in [-0.2, 0) is 4.79 Å². The first kappa shape index (κ1) is 13.0. The quantitative estimate of drug-likeness (QED) is 0.909. The van der Waals surface area contributed by atoms with E-state index in [0.717, 1.165) is 0 Å². The Kier molecular flexibility index (Phi) is 3.65. The maximum atomic E-state index is 12.9. The van der Waals surface area contributed by atoms with Crippen LogP contribution in [0.5, 0.6) is 0 Å². The van der Waals surface area contributed by atoms with Crippen molar-refractivity contribution in [3.05, 3.63) is 34.1 Å². The molecule has 6 heteroatoms. The van der Waals surface area contributed by atoms with E-state index >= 15 is 0 Å². The summed E-state index contributed by atoms with van der Waals surface area (Å²) in [5, 5.41) is 8.88. The number of aliphatic carboxylic acids is 1. The molecule has 1 atom stereocenters. The Morgan fingerprint density at radius 3 is 2.72 bits per heavy atom. The number of hydrogen-bond donors (Lipinski definition) is 1. The molecular weight excluding hydrogens is 305 g/mol. The zero-order valence-corrected chi connectivity index (χ0v) is 11.0. The lowest BCUT2D eigenvalue weighted by Gasteiger charge is -2.16. The number of nitrogens with zero attached hydrogens (tertiary/aromatic N) is 1. The molecule has 1 fully saturated rings. The fraction of sp³-hybridized carbons (Fsp3) is 0.333. The van der Waals surface area contributed by atoms with Gasteiger partial charge in [0.25, 0.3) is 5.91 Å². The van der Waals surface area contributed by atoms with Gasteiger partial charge in [0.1, 0.15) is 5.82 Å². The van der Waals surface area contributed by atoms with Gasteiger partial charge in [-0.2, -0.15) is 0 Å². The molecule has 1 saturated heterocycles. The van der Waals surface area contributed by atoms with Gasteiger partial charge in [0, 0.05) is 17.6 Å². The molecule has 4 nitrogen and oxygen atoms in total. The maximum Gasteiger partial charge on any atom is 0.308 e. The lowest BCUT2D eigenvalue weighted by Crippen LogP contribution is -2.30. The van der Waals surface area contributed by atoms with Gasteiger partial charge < -0.3 is 10.0 Å². The average Bonchev–Trinajstić information content (AvgIpc) is 2.77. The number of carbonyl (C=O) groups is 2. The molecule has 0 saturated carbocycles. The van der Waals surface area contributed by atoms with E-state index in [-0.39, 0.29) is 12.5 Å². The normalized spacial score (nSPS) is 19.0. The predicted molar refractivity (Wildman–Crippen MR) is 65.7 cm³/mol. The van der Waals surface area contributed by atoms with Crippen molar-refractivity contribution in [2.75, 3.05) is 13.1 Å². The molecule has 1 heterocycles. The van der Waals surface area contributed by atoms with E-state index in [4.69, 9.17) is 5.11 Å². The Morgan fingerprint density at radius 1 is 1.44 bits per heavy atom. The van der Waals surface area contributed by atoms with Crippen LogP contribution in [0.1, 0.15) is 16.8 Å². The van der Waals surface area contributed by atoms with Gasteiger partial charge in [0.15, 0.2) is 0 Å². The maximum absolute atomic E-state index is 12.9. The monoisotopic (exact) mass is 315 g/mol. The molecule has 1 N–H and O–H groups in total. The SMILES string of the molecule is O=C(O)C1CCN(C(=O)c2ccc(F)cc2Br)C1. The van der Waals surface area contributed by atoms with Gasteiger partial charge >= 0.3 is 5.97 Å². The molecule has 0 spiro atoms. The molecule has 0 bridgehead atoms. The fourth-order valence-electron chi connectivity index (χ4n) is 1.98. The van der Waals surface area contributed by atoms with Gasteiger partial charge in [-0.15, -0.1) is 0 Å². The Morgan fingerprint density at radius 2 is 2.17 bits per heavy atom. The van der Waals surface area contributed by atoms with Crippen LogP contribution >= 0.6 is 15.9 Å². The van der Waals surface area contributed by atoms with Crippen molar-refractivity contribution in [1.82, 2.24) is 4.90 Å². The Labute approximate surface area is 112 Å². The number of amides is 1. The zero-order valence-electron chi connectivity index (χ0n) is 9.40. The van der Waals surface area contributed by atoms with Crippen molar-refractivity contribution in [2.45, 2.75) is 6.42 Å².